The second kappa shape index (κ2) is 2.84. The molecule has 0 atom stereocenters. The maximum atomic E-state index is 7.46. The number of nitriles is 1. The summed E-state index contributed by atoms with van der Waals surface area (Å²) < 4.78 is 0. The Morgan fingerprint density at radius 1 is 2.00 bits per heavy atom. The monoisotopic (exact) mass is 71.0 g/mol. The van der Waals surface area contributed by atoms with Gasteiger partial charge in [-0.05, 0) is 0 Å². The van der Waals surface area contributed by atoms with Crippen LogP contribution in [0.1, 0.15) is 0 Å². The van der Waals surface area contributed by atoms with E-state index in [9.17, 15) is 0 Å². The van der Waals surface area contributed by atoms with Gasteiger partial charge in [-0.2, -0.15) is 5.26 Å². The molecule has 0 rings (SSSR count). The van der Waals surface area contributed by atoms with E-state index in [1.54, 1.807) is 5.40 Å². The normalized spacial score (nSPS) is 5.00. The zero-order chi connectivity index (χ0) is 3.41. The van der Waals surface area contributed by atoms with Crippen molar-refractivity contribution < 1.29 is 0 Å². The molecule has 0 unspecified atom stereocenters. The largest absolute Gasteiger partial charge is 0.413 e. The van der Waals surface area contributed by atoms with Crippen LogP contribution in [0.25, 0.3) is 0 Å². The molecule has 0 heterocycles. The summed E-state index contributed by atoms with van der Waals surface area (Å²) in [6.07, 6.45) is 4.58. The fourth-order valence-corrected chi connectivity index (χ4v) is 0. The number of hydrogen-bond donors (Lipinski definition) is 0. The van der Waals surface area contributed by atoms with Crippen molar-refractivity contribution in [3.05, 3.63) is 6.26 Å². The molecule has 0 aromatic rings. The van der Waals surface area contributed by atoms with Crippen LogP contribution in [0.5, 0.6) is 0 Å². The molecule has 0 fully saturated rings. The van der Waals surface area contributed by atoms with Crippen LogP contribution in [0.2, 0.25) is 0 Å². The average Bonchev–Trinajstić information content (AvgIpc) is 1.37. The van der Waals surface area contributed by atoms with Gasteiger partial charge in [0.2, 0.25) is 0 Å². The molecule has 0 saturated carbocycles. The summed E-state index contributed by atoms with van der Waals surface area (Å²) in [4.78, 5) is 0. The second-order valence-corrected chi connectivity index (χ2v) is 0.627. The SMILES string of the molecule is [CH-]SC#N. The van der Waals surface area contributed by atoms with Crippen molar-refractivity contribution in [3.63, 3.8) is 0 Å². The summed E-state index contributed by atoms with van der Waals surface area (Å²) >= 11 is 0.662. The van der Waals surface area contributed by atoms with Crippen LogP contribution in [0.15, 0.2) is 0 Å². The van der Waals surface area contributed by atoms with Gasteiger partial charge in [-0.15, -0.1) is 0 Å². The second-order valence-electron chi connectivity index (χ2n) is 0.209. The minimum Gasteiger partial charge on any atom is -0.413 e. The van der Waals surface area contributed by atoms with Gasteiger partial charge in [0, 0.05) is 0 Å². The summed E-state index contributed by atoms with van der Waals surface area (Å²) in [5, 5.41) is 9.09. The summed E-state index contributed by atoms with van der Waals surface area (Å²) in [5.74, 6) is 0. The Bertz CT molecular complexity index is 35.8. The van der Waals surface area contributed by atoms with Crippen LogP contribution in [-0.2, 0) is 0 Å². The number of hydrogen-bond acceptors (Lipinski definition) is 2. The predicted octanol–water partition coefficient (Wildman–Crippen LogP) is 0.869. The van der Waals surface area contributed by atoms with E-state index in [1.165, 1.54) is 0 Å². The standard InChI is InChI=1S/C2HNS/c1-4-2-3/h1H/q-1. The van der Waals surface area contributed by atoms with Crippen LogP contribution < -0.4 is 0 Å². The zero-order valence-electron chi connectivity index (χ0n) is 1.93. The van der Waals surface area contributed by atoms with Crippen molar-refractivity contribution >= 4 is 11.8 Å². The first kappa shape index (κ1) is 3.84. The highest BCUT2D eigenvalue weighted by atomic mass is 32.2. The van der Waals surface area contributed by atoms with E-state index in [0.717, 1.165) is 0 Å². The third kappa shape index (κ3) is 1.84. The lowest BCUT2D eigenvalue weighted by Crippen LogP contribution is -1.20. The van der Waals surface area contributed by atoms with Gasteiger partial charge in [0.15, 0.2) is 0 Å². The van der Waals surface area contributed by atoms with E-state index in [2.05, 4.69) is 6.26 Å². The molecule has 0 N–H and O–H groups in total. The van der Waals surface area contributed by atoms with Crippen molar-refractivity contribution in [1.82, 2.24) is 0 Å². The van der Waals surface area contributed by atoms with Crippen molar-refractivity contribution in [1.29, 1.82) is 5.26 Å². The summed E-state index contributed by atoms with van der Waals surface area (Å²) in [7, 11) is 0. The van der Waals surface area contributed by atoms with Crippen LogP contribution in [0.3, 0.4) is 0 Å². The van der Waals surface area contributed by atoms with Gasteiger partial charge in [-0.25, -0.2) is 0 Å². The lowest BCUT2D eigenvalue weighted by Gasteiger charge is -1.69. The molecular formula is C2HNS-. The molecule has 1 nitrogen and oxygen atoms in total. The van der Waals surface area contributed by atoms with E-state index < -0.39 is 0 Å². The van der Waals surface area contributed by atoms with Gasteiger partial charge in [-0.3, -0.25) is 11.8 Å². The molecule has 0 aromatic carbocycles. The van der Waals surface area contributed by atoms with Crippen LogP contribution in [0, 0.1) is 16.9 Å². The first-order chi connectivity index (χ1) is 1.91. The van der Waals surface area contributed by atoms with Crippen molar-refractivity contribution in [2.24, 2.45) is 0 Å². The third-order valence-corrected chi connectivity index (χ3v) is 0.158. The van der Waals surface area contributed by atoms with Crippen LogP contribution >= 0.6 is 11.8 Å². The quantitative estimate of drug-likeness (QED) is 0.312. The van der Waals surface area contributed by atoms with Gasteiger partial charge >= 0.3 is 0 Å². The predicted molar refractivity (Wildman–Crippen MR) is 17.5 cm³/mol. The van der Waals surface area contributed by atoms with Crippen LogP contribution in [0.4, 0.5) is 0 Å². The Morgan fingerprint density at radius 2 is 2.25 bits per heavy atom. The maximum absolute atomic E-state index is 7.46. The number of nitrogens with zero attached hydrogens (tertiary/aromatic N) is 1. The fraction of sp³-hybridized carbons (Fsp3) is 0. The molecule has 0 bridgehead atoms. The molecule has 0 aliphatic heterocycles. The molecule has 4 heavy (non-hydrogen) atoms. The van der Waals surface area contributed by atoms with Gasteiger partial charge in [0.05, 0.1) is 5.40 Å². The van der Waals surface area contributed by atoms with E-state index >= 15 is 0 Å². The maximum Gasteiger partial charge on any atom is 0.0958 e. The highest BCUT2D eigenvalue weighted by molar-refractivity contribution is 8.04. The Kier molecular flexibility index (Phi) is 2.73. The number of rotatable bonds is 0. The highest BCUT2D eigenvalue weighted by Crippen LogP contribution is 1.83. The zero-order valence-corrected chi connectivity index (χ0v) is 2.75. The molecule has 1 radical (unpaired) electrons. The minimum atomic E-state index is 0.662. The highest BCUT2D eigenvalue weighted by Gasteiger charge is 1.32. The summed E-state index contributed by atoms with van der Waals surface area (Å²) in [6, 6.07) is 0. The molecule has 0 amide bonds. The topological polar surface area (TPSA) is 23.8 Å². The summed E-state index contributed by atoms with van der Waals surface area (Å²) in [5.41, 5.74) is 0. The summed E-state index contributed by atoms with van der Waals surface area (Å²) in [6.45, 7) is 0. The minimum absolute atomic E-state index is 0.662. The number of thiocyanates is 1. The Morgan fingerprint density at radius 3 is 2.25 bits per heavy atom. The lowest BCUT2D eigenvalue weighted by molar-refractivity contribution is 1.57. The molecular weight excluding hydrogens is 70.1 g/mol. The Balaban J connectivity index is 2.43. The number of thioether (sulfide) groups is 1. The molecule has 0 aliphatic carbocycles. The van der Waals surface area contributed by atoms with Gasteiger partial charge in [0.1, 0.15) is 0 Å². The lowest BCUT2D eigenvalue weighted by atomic mass is 11.8. The van der Waals surface area contributed by atoms with Crippen LogP contribution in [-0.4, -0.2) is 0 Å². The average molecular weight is 71.1 g/mol. The Hall–Kier alpha value is -0.160. The Labute approximate surface area is 29.6 Å². The van der Waals surface area contributed by atoms with E-state index in [0.29, 0.717) is 11.8 Å². The third-order valence-electron chi connectivity index (χ3n) is 0.0527. The smallest absolute Gasteiger partial charge is 0.0958 e. The van der Waals surface area contributed by atoms with Gasteiger partial charge in [-0.1, -0.05) is 0 Å². The van der Waals surface area contributed by atoms with E-state index in [-0.39, 0.29) is 0 Å². The van der Waals surface area contributed by atoms with Crippen molar-refractivity contribution in [2.75, 3.05) is 0 Å². The van der Waals surface area contributed by atoms with Crippen molar-refractivity contribution in [2.45, 2.75) is 0 Å². The fourth-order valence-electron chi connectivity index (χ4n) is 0. The molecule has 0 aliphatic rings. The first-order valence-electron chi connectivity index (χ1n) is 0.663. The van der Waals surface area contributed by atoms with Gasteiger partial charge < -0.3 is 6.26 Å². The molecule has 0 saturated heterocycles. The van der Waals surface area contributed by atoms with Gasteiger partial charge in [0.25, 0.3) is 0 Å². The first-order valence-corrected chi connectivity index (χ1v) is 1.54. The molecule has 0 spiro atoms. The molecule has 21 valence electrons. The molecule has 0 aromatic heterocycles. The van der Waals surface area contributed by atoms with E-state index in [4.69, 9.17) is 5.26 Å². The molecule has 2 heteroatoms. The van der Waals surface area contributed by atoms with Crippen molar-refractivity contribution in [3.8, 4) is 5.40 Å². The van der Waals surface area contributed by atoms with E-state index in [1.807, 2.05) is 0 Å².